The number of halogens is 3. The molecule has 4 nitrogen and oxygen atoms in total. The number of rotatable bonds is 3. The van der Waals surface area contributed by atoms with Crippen molar-refractivity contribution < 1.29 is 22.7 Å². The number of nitrogens with one attached hydrogen (secondary N) is 1. The zero-order chi connectivity index (χ0) is 17.3. The Hall–Kier alpha value is -2.61. The third kappa shape index (κ3) is 3.33. The van der Waals surface area contributed by atoms with Crippen molar-refractivity contribution >= 4 is 38.3 Å². The van der Waals surface area contributed by atoms with E-state index in [1.165, 1.54) is 13.2 Å². The Balaban J connectivity index is 1.89. The smallest absolute Gasteiger partial charge is 0.416 e. The molecule has 0 aliphatic rings. The fourth-order valence-electron chi connectivity index (χ4n) is 2.12. The highest BCUT2D eigenvalue weighted by molar-refractivity contribution is 7.22. The van der Waals surface area contributed by atoms with E-state index < -0.39 is 17.7 Å². The zero-order valence-electron chi connectivity index (χ0n) is 12.3. The highest BCUT2D eigenvalue weighted by Gasteiger charge is 2.30. The molecule has 0 saturated carbocycles. The summed E-state index contributed by atoms with van der Waals surface area (Å²) in [6.45, 7) is 0. The molecule has 0 bridgehead atoms. The van der Waals surface area contributed by atoms with Gasteiger partial charge in [-0.25, -0.2) is 9.78 Å². The number of thiazole rings is 1. The molecule has 3 rings (SSSR count). The molecule has 0 saturated heterocycles. The molecule has 0 atom stereocenters. The van der Waals surface area contributed by atoms with Crippen LogP contribution in [0.5, 0.6) is 0 Å². The summed E-state index contributed by atoms with van der Waals surface area (Å²) >= 11 is 1.10. The first kappa shape index (κ1) is 16.3. The van der Waals surface area contributed by atoms with Crippen LogP contribution in [0, 0.1) is 0 Å². The molecule has 124 valence electrons. The van der Waals surface area contributed by atoms with Gasteiger partial charge < -0.3 is 10.1 Å². The highest BCUT2D eigenvalue weighted by Crippen LogP contribution is 2.35. The van der Waals surface area contributed by atoms with Crippen LogP contribution in [0.25, 0.3) is 10.2 Å². The summed E-state index contributed by atoms with van der Waals surface area (Å²) in [7, 11) is 1.29. The van der Waals surface area contributed by atoms with E-state index in [9.17, 15) is 18.0 Å². The third-order valence-electron chi connectivity index (χ3n) is 3.25. The van der Waals surface area contributed by atoms with Crippen molar-refractivity contribution in [1.82, 2.24) is 4.98 Å². The van der Waals surface area contributed by atoms with Gasteiger partial charge in [0.2, 0.25) is 0 Å². The SMILES string of the molecule is COC(=O)c1cccc(Nc2nc3ccc(C(F)(F)F)cc3s2)c1. The molecule has 1 N–H and O–H groups in total. The first-order chi connectivity index (χ1) is 11.4. The zero-order valence-corrected chi connectivity index (χ0v) is 13.2. The largest absolute Gasteiger partial charge is 0.465 e. The van der Waals surface area contributed by atoms with Gasteiger partial charge in [0.1, 0.15) is 0 Å². The molecule has 3 aromatic rings. The number of ether oxygens (including phenoxy) is 1. The second-order valence-corrected chi connectivity index (χ2v) is 5.93. The van der Waals surface area contributed by atoms with E-state index in [0.29, 0.717) is 26.6 Å². The molecule has 0 amide bonds. The number of anilines is 2. The first-order valence-electron chi connectivity index (χ1n) is 6.80. The van der Waals surface area contributed by atoms with Crippen LogP contribution in [0.3, 0.4) is 0 Å². The fraction of sp³-hybridized carbons (Fsp3) is 0.125. The fourth-order valence-corrected chi connectivity index (χ4v) is 3.04. The average Bonchev–Trinajstić information content (AvgIpc) is 2.94. The van der Waals surface area contributed by atoms with Crippen molar-refractivity contribution in [3.63, 3.8) is 0 Å². The van der Waals surface area contributed by atoms with Crippen LogP contribution in [0.15, 0.2) is 42.5 Å². The van der Waals surface area contributed by atoms with Crippen LogP contribution in [0.4, 0.5) is 24.0 Å². The third-order valence-corrected chi connectivity index (χ3v) is 4.18. The van der Waals surface area contributed by atoms with Crippen LogP contribution in [-0.2, 0) is 10.9 Å². The lowest BCUT2D eigenvalue weighted by molar-refractivity contribution is -0.137. The summed E-state index contributed by atoms with van der Waals surface area (Å²) in [5, 5.41) is 3.43. The minimum absolute atomic E-state index is 0.364. The first-order valence-corrected chi connectivity index (χ1v) is 7.61. The van der Waals surface area contributed by atoms with Crippen molar-refractivity contribution in [3.8, 4) is 0 Å². The van der Waals surface area contributed by atoms with Crippen LogP contribution < -0.4 is 5.32 Å². The number of esters is 1. The Labute approximate surface area is 138 Å². The molecule has 0 aliphatic heterocycles. The number of hydrogen-bond donors (Lipinski definition) is 1. The summed E-state index contributed by atoms with van der Waals surface area (Å²) in [4.78, 5) is 15.8. The summed E-state index contributed by atoms with van der Waals surface area (Å²) in [6.07, 6.45) is -4.39. The molecule has 0 spiro atoms. The van der Waals surface area contributed by atoms with Gasteiger partial charge in [-0.05, 0) is 36.4 Å². The number of aromatic nitrogens is 1. The second-order valence-electron chi connectivity index (χ2n) is 4.90. The highest BCUT2D eigenvalue weighted by atomic mass is 32.1. The maximum absolute atomic E-state index is 12.7. The minimum atomic E-state index is -4.39. The van der Waals surface area contributed by atoms with E-state index in [0.717, 1.165) is 23.5 Å². The maximum atomic E-state index is 12.7. The Morgan fingerprint density at radius 3 is 2.71 bits per heavy atom. The quantitative estimate of drug-likeness (QED) is 0.685. The molecule has 0 unspecified atom stereocenters. The van der Waals surface area contributed by atoms with Crippen molar-refractivity contribution in [2.24, 2.45) is 0 Å². The Kier molecular flexibility index (Phi) is 4.15. The van der Waals surface area contributed by atoms with Gasteiger partial charge in [-0.1, -0.05) is 17.4 Å². The number of carbonyl (C=O) groups is 1. The molecule has 0 aliphatic carbocycles. The molecule has 8 heteroatoms. The number of alkyl halides is 3. The molecule has 1 heterocycles. The van der Waals surface area contributed by atoms with Gasteiger partial charge in [0.05, 0.1) is 28.5 Å². The Morgan fingerprint density at radius 1 is 1.21 bits per heavy atom. The van der Waals surface area contributed by atoms with E-state index in [2.05, 4.69) is 15.0 Å². The number of nitrogens with zero attached hydrogens (tertiary/aromatic N) is 1. The maximum Gasteiger partial charge on any atom is 0.416 e. The summed E-state index contributed by atoms with van der Waals surface area (Å²) in [5.74, 6) is -0.474. The van der Waals surface area contributed by atoms with Crippen LogP contribution in [0.2, 0.25) is 0 Å². The van der Waals surface area contributed by atoms with Gasteiger partial charge in [0.15, 0.2) is 5.13 Å². The van der Waals surface area contributed by atoms with Crippen LogP contribution in [0.1, 0.15) is 15.9 Å². The molecule has 1 aromatic heterocycles. The lowest BCUT2D eigenvalue weighted by Gasteiger charge is -2.04. The number of benzene rings is 2. The molecule has 0 radical (unpaired) electrons. The topological polar surface area (TPSA) is 51.2 Å². The Bertz CT molecular complexity index is 906. The lowest BCUT2D eigenvalue weighted by Crippen LogP contribution is -2.03. The van der Waals surface area contributed by atoms with E-state index >= 15 is 0 Å². The summed E-state index contributed by atoms with van der Waals surface area (Å²) in [6, 6.07) is 9.99. The van der Waals surface area contributed by atoms with Crippen molar-refractivity contribution in [2.75, 3.05) is 12.4 Å². The van der Waals surface area contributed by atoms with E-state index in [-0.39, 0.29) is 0 Å². The molecule has 2 aromatic carbocycles. The van der Waals surface area contributed by atoms with Crippen molar-refractivity contribution in [2.45, 2.75) is 6.18 Å². The van der Waals surface area contributed by atoms with Gasteiger partial charge >= 0.3 is 12.1 Å². The Morgan fingerprint density at radius 2 is 2.00 bits per heavy atom. The van der Waals surface area contributed by atoms with Gasteiger partial charge in [-0.15, -0.1) is 0 Å². The predicted molar refractivity (Wildman–Crippen MR) is 85.7 cm³/mol. The standard InChI is InChI=1S/C16H11F3N2O2S/c1-23-14(22)9-3-2-4-11(7-9)20-15-21-12-6-5-10(16(17,18)19)8-13(12)24-15/h2-8H,1H3,(H,20,21). The van der Waals surface area contributed by atoms with E-state index in [1.807, 2.05) is 0 Å². The number of hydrogen-bond acceptors (Lipinski definition) is 5. The molecule has 0 fully saturated rings. The van der Waals surface area contributed by atoms with Crippen molar-refractivity contribution in [1.29, 1.82) is 0 Å². The predicted octanol–water partition coefficient (Wildman–Crippen LogP) is 4.85. The van der Waals surface area contributed by atoms with Gasteiger partial charge in [-0.2, -0.15) is 13.2 Å². The number of carbonyl (C=O) groups excluding carboxylic acids is 1. The molecule has 24 heavy (non-hydrogen) atoms. The molecular formula is C16H11F3N2O2S. The average molecular weight is 352 g/mol. The summed E-state index contributed by atoms with van der Waals surface area (Å²) < 4.78 is 43.3. The summed E-state index contributed by atoms with van der Waals surface area (Å²) in [5.41, 5.74) is 0.716. The van der Waals surface area contributed by atoms with Crippen molar-refractivity contribution in [3.05, 3.63) is 53.6 Å². The monoisotopic (exact) mass is 352 g/mol. The normalized spacial score (nSPS) is 11.5. The van der Waals surface area contributed by atoms with Crippen LogP contribution >= 0.6 is 11.3 Å². The van der Waals surface area contributed by atoms with Gasteiger partial charge in [-0.3, -0.25) is 0 Å². The van der Waals surface area contributed by atoms with E-state index in [4.69, 9.17) is 0 Å². The van der Waals surface area contributed by atoms with Gasteiger partial charge in [0, 0.05) is 5.69 Å². The minimum Gasteiger partial charge on any atom is -0.465 e. The molecular weight excluding hydrogens is 341 g/mol. The second kappa shape index (κ2) is 6.12. The lowest BCUT2D eigenvalue weighted by atomic mass is 10.2. The van der Waals surface area contributed by atoms with Crippen LogP contribution in [-0.4, -0.2) is 18.1 Å². The van der Waals surface area contributed by atoms with E-state index in [1.54, 1.807) is 24.3 Å². The number of methoxy groups -OCH3 is 1. The van der Waals surface area contributed by atoms with Gasteiger partial charge in [0.25, 0.3) is 0 Å². The number of fused-ring (bicyclic) bond motifs is 1.